The van der Waals surface area contributed by atoms with E-state index in [1.54, 1.807) is 38.5 Å². The van der Waals surface area contributed by atoms with Crippen molar-refractivity contribution in [1.29, 1.82) is 0 Å². The van der Waals surface area contributed by atoms with Gasteiger partial charge in [-0.1, -0.05) is 29.8 Å². The average Bonchev–Trinajstić information content (AvgIpc) is 2.96. The fourth-order valence-corrected chi connectivity index (χ4v) is 2.47. The summed E-state index contributed by atoms with van der Waals surface area (Å²) in [4.78, 5) is 12.2. The predicted molar refractivity (Wildman–Crippen MR) is 92.8 cm³/mol. The molecule has 3 rings (SSSR count). The fourth-order valence-electron chi connectivity index (χ4n) is 2.47. The van der Waals surface area contributed by atoms with Gasteiger partial charge in [0.05, 0.1) is 19.8 Å². The third-order valence-corrected chi connectivity index (χ3v) is 3.81. The van der Waals surface area contributed by atoms with Crippen LogP contribution in [-0.4, -0.2) is 20.2 Å². The van der Waals surface area contributed by atoms with Crippen molar-refractivity contribution in [2.45, 2.75) is 6.92 Å². The van der Waals surface area contributed by atoms with Crippen LogP contribution in [0.1, 0.15) is 16.7 Å². The number of hydrogen-bond acceptors (Lipinski definition) is 4. The highest BCUT2D eigenvalue weighted by atomic mass is 16.5. The topological polar surface area (TPSA) is 44.8 Å². The summed E-state index contributed by atoms with van der Waals surface area (Å²) in [5, 5.41) is 0. The smallest absolute Gasteiger partial charge is 0.343 e. The number of hydrogen-bond donors (Lipinski definition) is 0. The minimum atomic E-state index is -0.379. The molecule has 24 heavy (non-hydrogen) atoms. The lowest BCUT2D eigenvalue weighted by molar-refractivity contribution is -0.130. The Hall–Kier alpha value is -3.01. The third kappa shape index (κ3) is 3.18. The van der Waals surface area contributed by atoms with Crippen LogP contribution in [0.5, 0.6) is 11.5 Å². The monoisotopic (exact) mass is 322 g/mol. The van der Waals surface area contributed by atoms with Crippen LogP contribution in [0.15, 0.2) is 54.1 Å². The molecule has 4 heteroatoms. The van der Waals surface area contributed by atoms with Crippen molar-refractivity contribution < 1.29 is 19.0 Å². The number of benzene rings is 2. The molecule has 0 radical (unpaired) electrons. The molecular formula is C20H18O4. The molecule has 0 aromatic heterocycles. The Morgan fingerprint density at radius 1 is 1.00 bits per heavy atom. The Morgan fingerprint density at radius 2 is 1.75 bits per heavy atom. The van der Waals surface area contributed by atoms with Gasteiger partial charge >= 0.3 is 5.97 Å². The van der Waals surface area contributed by atoms with Gasteiger partial charge in [0.15, 0.2) is 0 Å². The van der Waals surface area contributed by atoms with Crippen molar-refractivity contribution in [3.05, 3.63) is 70.8 Å². The normalized spacial score (nSPS) is 15.2. The Bertz CT molecular complexity index is 829. The Kier molecular flexibility index (Phi) is 4.38. The van der Waals surface area contributed by atoms with Crippen LogP contribution in [0.3, 0.4) is 0 Å². The molecule has 0 amide bonds. The molecule has 122 valence electrons. The number of cyclic esters (lactones) is 1. The molecule has 2 aromatic rings. The first kappa shape index (κ1) is 15.9. The lowest BCUT2D eigenvalue weighted by atomic mass is 10.1. The molecule has 0 saturated carbocycles. The lowest BCUT2D eigenvalue weighted by Gasteiger charge is -2.07. The van der Waals surface area contributed by atoms with E-state index in [4.69, 9.17) is 14.2 Å². The van der Waals surface area contributed by atoms with Crippen LogP contribution in [0.4, 0.5) is 0 Å². The summed E-state index contributed by atoms with van der Waals surface area (Å²) in [6, 6.07) is 13.3. The van der Waals surface area contributed by atoms with E-state index in [9.17, 15) is 4.79 Å². The van der Waals surface area contributed by atoms with Gasteiger partial charge in [-0.25, -0.2) is 4.79 Å². The highest BCUT2D eigenvalue weighted by Crippen LogP contribution is 2.31. The first-order chi connectivity index (χ1) is 11.6. The number of methoxy groups -OCH3 is 2. The summed E-state index contributed by atoms with van der Waals surface area (Å²) in [7, 11) is 3.18. The summed E-state index contributed by atoms with van der Waals surface area (Å²) < 4.78 is 16.0. The molecular weight excluding hydrogens is 304 g/mol. The van der Waals surface area contributed by atoms with Gasteiger partial charge in [0, 0.05) is 11.1 Å². The van der Waals surface area contributed by atoms with Crippen molar-refractivity contribution in [3.63, 3.8) is 0 Å². The van der Waals surface area contributed by atoms with Crippen molar-refractivity contribution in [1.82, 2.24) is 0 Å². The molecule has 0 N–H and O–H groups in total. The van der Waals surface area contributed by atoms with Gasteiger partial charge in [-0.2, -0.15) is 0 Å². The molecule has 0 spiro atoms. The SMILES string of the molecule is COc1ccc(OC)c(/C=C2/C=C(c3ccc(C)cc3)OC2=O)c1. The van der Waals surface area contributed by atoms with Crippen LogP contribution in [0.25, 0.3) is 11.8 Å². The highest BCUT2D eigenvalue weighted by molar-refractivity contribution is 6.05. The molecule has 0 atom stereocenters. The number of carbonyl (C=O) groups is 1. The fraction of sp³-hybridized carbons (Fsp3) is 0.150. The quantitative estimate of drug-likeness (QED) is 0.630. The zero-order valence-electron chi connectivity index (χ0n) is 13.8. The largest absolute Gasteiger partial charge is 0.497 e. The second-order valence-electron chi connectivity index (χ2n) is 5.47. The summed E-state index contributed by atoms with van der Waals surface area (Å²) in [5.74, 6) is 1.52. The zero-order valence-corrected chi connectivity index (χ0v) is 13.8. The average molecular weight is 322 g/mol. The van der Waals surface area contributed by atoms with Gasteiger partial charge in [0.25, 0.3) is 0 Å². The van der Waals surface area contributed by atoms with Gasteiger partial charge in [0.2, 0.25) is 0 Å². The van der Waals surface area contributed by atoms with Crippen molar-refractivity contribution >= 4 is 17.8 Å². The van der Waals surface area contributed by atoms with Gasteiger partial charge in [-0.3, -0.25) is 0 Å². The molecule has 0 aliphatic carbocycles. The zero-order chi connectivity index (χ0) is 17.1. The molecule has 2 aromatic carbocycles. The minimum absolute atomic E-state index is 0.379. The van der Waals surface area contributed by atoms with Crippen LogP contribution in [0.2, 0.25) is 0 Å². The molecule has 1 aliphatic heterocycles. The molecule has 0 unspecified atom stereocenters. The maximum absolute atomic E-state index is 12.2. The molecule has 1 aliphatic rings. The second-order valence-corrected chi connectivity index (χ2v) is 5.47. The summed E-state index contributed by atoms with van der Waals surface area (Å²) in [6.45, 7) is 2.01. The lowest BCUT2D eigenvalue weighted by Crippen LogP contribution is -1.98. The summed E-state index contributed by atoms with van der Waals surface area (Å²) in [5.41, 5.74) is 3.25. The third-order valence-electron chi connectivity index (χ3n) is 3.81. The van der Waals surface area contributed by atoms with E-state index in [0.717, 1.165) is 16.7 Å². The number of rotatable bonds is 4. The number of aryl methyl sites for hydroxylation is 1. The van der Waals surface area contributed by atoms with Gasteiger partial charge in [0.1, 0.15) is 17.3 Å². The summed E-state index contributed by atoms with van der Waals surface area (Å²) in [6.07, 6.45) is 3.48. The predicted octanol–water partition coefficient (Wildman–Crippen LogP) is 3.99. The Balaban J connectivity index is 1.98. The highest BCUT2D eigenvalue weighted by Gasteiger charge is 2.22. The number of carbonyl (C=O) groups excluding carboxylic acids is 1. The summed E-state index contributed by atoms with van der Waals surface area (Å²) >= 11 is 0. The molecule has 0 fully saturated rings. The molecule has 4 nitrogen and oxygen atoms in total. The van der Waals surface area contributed by atoms with Crippen molar-refractivity contribution in [2.75, 3.05) is 14.2 Å². The first-order valence-electron chi connectivity index (χ1n) is 7.55. The molecule has 0 saturated heterocycles. The van der Waals surface area contributed by atoms with E-state index < -0.39 is 0 Å². The standard InChI is InChI=1S/C20H18O4/c1-13-4-6-14(7-5-13)19-12-16(20(21)24-19)10-15-11-17(22-2)8-9-18(15)23-3/h4-12H,1-3H3/b16-10-. The number of ether oxygens (including phenoxy) is 3. The van der Waals surface area contributed by atoms with Crippen LogP contribution >= 0.6 is 0 Å². The van der Waals surface area contributed by atoms with Crippen LogP contribution < -0.4 is 9.47 Å². The minimum Gasteiger partial charge on any atom is -0.497 e. The van der Waals surface area contributed by atoms with E-state index in [2.05, 4.69) is 0 Å². The van der Waals surface area contributed by atoms with Gasteiger partial charge in [-0.15, -0.1) is 0 Å². The van der Waals surface area contributed by atoms with E-state index in [-0.39, 0.29) is 5.97 Å². The molecule has 0 bridgehead atoms. The maximum Gasteiger partial charge on any atom is 0.343 e. The first-order valence-corrected chi connectivity index (χ1v) is 7.55. The van der Waals surface area contributed by atoms with Crippen LogP contribution in [-0.2, 0) is 9.53 Å². The Labute approximate surface area is 141 Å². The maximum atomic E-state index is 12.2. The van der Waals surface area contributed by atoms with E-state index in [1.807, 2.05) is 37.3 Å². The Morgan fingerprint density at radius 3 is 2.42 bits per heavy atom. The van der Waals surface area contributed by atoms with E-state index in [1.165, 1.54) is 0 Å². The van der Waals surface area contributed by atoms with Crippen LogP contribution in [0, 0.1) is 6.92 Å². The van der Waals surface area contributed by atoms with Gasteiger partial charge < -0.3 is 14.2 Å². The molecule has 1 heterocycles. The number of esters is 1. The second kappa shape index (κ2) is 6.62. The van der Waals surface area contributed by atoms with E-state index >= 15 is 0 Å². The van der Waals surface area contributed by atoms with E-state index in [0.29, 0.717) is 22.8 Å². The van der Waals surface area contributed by atoms with Gasteiger partial charge in [-0.05, 0) is 37.3 Å². The van der Waals surface area contributed by atoms with Crippen molar-refractivity contribution in [3.8, 4) is 11.5 Å². The van der Waals surface area contributed by atoms with Crippen molar-refractivity contribution in [2.24, 2.45) is 0 Å².